The zero-order valence-corrected chi connectivity index (χ0v) is 6.47. The third kappa shape index (κ3) is 1.06. The normalized spacial score (nSPS) is 31.3. The van der Waals surface area contributed by atoms with Gasteiger partial charge in [-0.1, -0.05) is 0 Å². The summed E-state index contributed by atoms with van der Waals surface area (Å²) in [7, 11) is 0. The molecule has 1 spiro atoms. The monoisotopic (exact) mass is 152 g/mol. The van der Waals surface area contributed by atoms with E-state index in [0.29, 0.717) is 17.4 Å². The van der Waals surface area contributed by atoms with Crippen LogP contribution in [0.1, 0.15) is 32.1 Å². The Labute approximate surface area is 65.9 Å². The number of Topliss-reactive ketones (excluding diaryl/α,β-unsaturated/α-hetero) is 1. The molecule has 60 valence electrons. The van der Waals surface area contributed by atoms with Crippen LogP contribution in [-0.4, -0.2) is 10.9 Å². The van der Waals surface area contributed by atoms with Gasteiger partial charge in [-0.25, -0.2) is 0 Å². The van der Waals surface area contributed by atoms with Crippen LogP contribution in [0.25, 0.3) is 0 Å². The third-order valence-electron chi connectivity index (χ3n) is 2.92. The number of allylic oxidation sites excluding steroid dienone is 1. The van der Waals surface area contributed by atoms with Crippen LogP contribution in [0.5, 0.6) is 0 Å². The van der Waals surface area contributed by atoms with E-state index in [9.17, 15) is 4.79 Å². The zero-order valence-electron chi connectivity index (χ0n) is 6.47. The summed E-state index contributed by atoms with van der Waals surface area (Å²) in [6.07, 6.45) is 6.01. The van der Waals surface area contributed by atoms with Crippen molar-refractivity contribution in [3.8, 4) is 0 Å². The van der Waals surface area contributed by atoms with Crippen LogP contribution in [0, 0.1) is 5.41 Å². The van der Waals surface area contributed by atoms with E-state index in [1.807, 2.05) is 0 Å². The van der Waals surface area contributed by atoms with Crippen LogP contribution < -0.4 is 0 Å². The molecule has 0 radical (unpaired) electrons. The number of rotatable bonds is 0. The lowest BCUT2D eigenvalue weighted by Crippen LogP contribution is -2.17. The van der Waals surface area contributed by atoms with E-state index >= 15 is 0 Å². The van der Waals surface area contributed by atoms with Crippen molar-refractivity contribution in [2.24, 2.45) is 5.41 Å². The van der Waals surface area contributed by atoms with Crippen molar-refractivity contribution in [3.63, 3.8) is 0 Å². The van der Waals surface area contributed by atoms with E-state index in [0.717, 1.165) is 19.1 Å². The summed E-state index contributed by atoms with van der Waals surface area (Å²) >= 11 is 0. The molecule has 0 aromatic heterocycles. The molecule has 0 heterocycles. The Balaban J connectivity index is 2.14. The summed E-state index contributed by atoms with van der Waals surface area (Å²) in [6.45, 7) is 0. The maximum absolute atomic E-state index is 11.1. The predicted molar refractivity (Wildman–Crippen MR) is 41.2 cm³/mol. The van der Waals surface area contributed by atoms with E-state index in [4.69, 9.17) is 5.11 Å². The Morgan fingerprint density at radius 2 is 2.09 bits per heavy atom. The van der Waals surface area contributed by atoms with E-state index < -0.39 is 0 Å². The Kier molecular flexibility index (Phi) is 1.31. The molecular formula is C9H12O2. The fourth-order valence-electron chi connectivity index (χ4n) is 1.85. The lowest BCUT2D eigenvalue weighted by molar-refractivity contribution is -0.117. The molecule has 0 unspecified atom stereocenters. The molecule has 2 aliphatic rings. The van der Waals surface area contributed by atoms with Crippen molar-refractivity contribution in [1.82, 2.24) is 0 Å². The Hall–Kier alpha value is -0.790. The summed E-state index contributed by atoms with van der Waals surface area (Å²) in [5.74, 6) is 0.144. The molecule has 0 atom stereocenters. The van der Waals surface area contributed by atoms with Gasteiger partial charge in [-0.15, -0.1) is 0 Å². The van der Waals surface area contributed by atoms with Crippen LogP contribution in [0.4, 0.5) is 0 Å². The van der Waals surface area contributed by atoms with E-state index in [-0.39, 0.29) is 5.78 Å². The van der Waals surface area contributed by atoms with Crippen LogP contribution in [-0.2, 0) is 4.79 Å². The quantitative estimate of drug-likeness (QED) is 0.425. The standard InChI is InChI=1S/C9H12O2/c10-6-7-5-9(3-4-9)2-1-8(7)11/h6,10H,1-5H2/b7-6+. The maximum atomic E-state index is 11.1. The lowest BCUT2D eigenvalue weighted by atomic mass is 9.83. The molecule has 0 aromatic rings. The van der Waals surface area contributed by atoms with Gasteiger partial charge in [-0.2, -0.15) is 0 Å². The molecule has 2 aliphatic carbocycles. The zero-order chi connectivity index (χ0) is 7.90. The molecular weight excluding hydrogens is 140 g/mol. The molecule has 0 bridgehead atoms. The Morgan fingerprint density at radius 3 is 2.64 bits per heavy atom. The molecule has 0 aromatic carbocycles. The number of hydrogen-bond donors (Lipinski definition) is 1. The van der Waals surface area contributed by atoms with Crippen molar-refractivity contribution in [1.29, 1.82) is 0 Å². The summed E-state index contributed by atoms with van der Waals surface area (Å²) in [4.78, 5) is 11.1. The molecule has 2 rings (SSSR count). The van der Waals surface area contributed by atoms with Gasteiger partial charge in [0.1, 0.15) is 0 Å². The molecule has 0 saturated heterocycles. The summed E-state index contributed by atoms with van der Waals surface area (Å²) in [5, 5.41) is 8.74. The van der Waals surface area contributed by atoms with E-state index in [2.05, 4.69) is 0 Å². The number of carbonyl (C=O) groups excluding carboxylic acids is 1. The maximum Gasteiger partial charge on any atom is 0.161 e. The van der Waals surface area contributed by atoms with Crippen LogP contribution in [0.15, 0.2) is 11.8 Å². The third-order valence-corrected chi connectivity index (χ3v) is 2.92. The second kappa shape index (κ2) is 2.10. The summed E-state index contributed by atoms with van der Waals surface area (Å²) in [6, 6.07) is 0. The van der Waals surface area contributed by atoms with Crippen molar-refractivity contribution in [2.45, 2.75) is 32.1 Å². The highest BCUT2D eigenvalue weighted by Gasteiger charge is 2.46. The first kappa shape index (κ1) is 6.89. The first-order chi connectivity index (χ1) is 5.26. The van der Waals surface area contributed by atoms with Crippen LogP contribution >= 0.6 is 0 Å². The molecule has 2 heteroatoms. The number of aliphatic hydroxyl groups excluding tert-OH is 1. The average Bonchev–Trinajstić information content (AvgIpc) is 2.76. The van der Waals surface area contributed by atoms with Gasteiger partial charge in [0.05, 0.1) is 6.26 Å². The topological polar surface area (TPSA) is 37.3 Å². The van der Waals surface area contributed by atoms with Crippen LogP contribution in [0.3, 0.4) is 0 Å². The smallest absolute Gasteiger partial charge is 0.161 e. The summed E-state index contributed by atoms with van der Waals surface area (Å²) < 4.78 is 0. The van der Waals surface area contributed by atoms with Gasteiger partial charge < -0.3 is 5.11 Å². The van der Waals surface area contributed by atoms with E-state index in [1.165, 1.54) is 12.8 Å². The molecule has 11 heavy (non-hydrogen) atoms. The number of ketones is 1. The molecule has 2 fully saturated rings. The predicted octanol–water partition coefficient (Wildman–Crippen LogP) is 1.96. The van der Waals surface area contributed by atoms with Crippen molar-refractivity contribution < 1.29 is 9.90 Å². The highest BCUT2D eigenvalue weighted by molar-refractivity contribution is 5.96. The lowest BCUT2D eigenvalue weighted by Gasteiger charge is -2.21. The minimum atomic E-state index is 0.144. The van der Waals surface area contributed by atoms with E-state index in [1.54, 1.807) is 0 Å². The van der Waals surface area contributed by atoms with Gasteiger partial charge in [0.15, 0.2) is 5.78 Å². The number of hydrogen-bond acceptors (Lipinski definition) is 2. The van der Waals surface area contributed by atoms with Gasteiger partial charge in [0.2, 0.25) is 0 Å². The first-order valence-corrected chi connectivity index (χ1v) is 4.12. The Bertz CT molecular complexity index is 224. The van der Waals surface area contributed by atoms with Crippen molar-refractivity contribution in [3.05, 3.63) is 11.8 Å². The summed E-state index contributed by atoms with van der Waals surface area (Å²) in [5.41, 5.74) is 1.08. The minimum Gasteiger partial charge on any atom is -0.515 e. The van der Waals surface area contributed by atoms with Crippen molar-refractivity contribution in [2.75, 3.05) is 0 Å². The molecule has 1 N–H and O–H groups in total. The van der Waals surface area contributed by atoms with Gasteiger partial charge in [-0.05, 0) is 31.1 Å². The number of carbonyl (C=O) groups is 1. The highest BCUT2D eigenvalue weighted by atomic mass is 16.2. The fraction of sp³-hybridized carbons (Fsp3) is 0.667. The largest absolute Gasteiger partial charge is 0.515 e. The first-order valence-electron chi connectivity index (χ1n) is 4.12. The number of aliphatic hydroxyl groups is 1. The van der Waals surface area contributed by atoms with Crippen molar-refractivity contribution >= 4 is 5.78 Å². The average molecular weight is 152 g/mol. The van der Waals surface area contributed by atoms with Crippen LogP contribution in [0.2, 0.25) is 0 Å². The fourth-order valence-corrected chi connectivity index (χ4v) is 1.85. The SMILES string of the molecule is O=C1CCC2(CC2)C/C1=C\O. The van der Waals surface area contributed by atoms with Gasteiger partial charge in [0, 0.05) is 12.0 Å². The van der Waals surface area contributed by atoms with Gasteiger partial charge in [0.25, 0.3) is 0 Å². The second-order valence-corrected chi connectivity index (χ2v) is 3.75. The molecule has 2 saturated carbocycles. The Morgan fingerprint density at radius 1 is 1.36 bits per heavy atom. The molecule has 0 aliphatic heterocycles. The van der Waals surface area contributed by atoms with Gasteiger partial charge >= 0.3 is 0 Å². The second-order valence-electron chi connectivity index (χ2n) is 3.75. The molecule has 2 nitrogen and oxygen atoms in total. The highest BCUT2D eigenvalue weighted by Crippen LogP contribution is 2.56. The minimum absolute atomic E-state index is 0.144. The van der Waals surface area contributed by atoms with Gasteiger partial charge in [-0.3, -0.25) is 4.79 Å². The molecule has 0 amide bonds.